The number of alkyl carbamates (subject to hydrolysis) is 1. The minimum absolute atomic E-state index is 0.0426. The molecule has 0 unspecified atom stereocenters. The average Bonchev–Trinajstić information content (AvgIpc) is 3.88. The van der Waals surface area contributed by atoms with Crippen LogP contribution >= 0.6 is 0 Å². The van der Waals surface area contributed by atoms with Crippen LogP contribution in [-0.2, 0) is 43.6 Å². The molecule has 53 heavy (non-hydrogen) atoms. The van der Waals surface area contributed by atoms with Gasteiger partial charge in [-0.05, 0) is 61.3 Å². The van der Waals surface area contributed by atoms with Crippen LogP contribution in [0.25, 0.3) is 0 Å². The number of aromatic nitrogens is 2. The van der Waals surface area contributed by atoms with E-state index in [4.69, 9.17) is 19.9 Å². The first-order valence-electron chi connectivity index (χ1n) is 19.1. The van der Waals surface area contributed by atoms with Crippen molar-refractivity contribution in [2.45, 2.75) is 101 Å². The second kappa shape index (κ2) is 18.1. The standard InChI is InChI=1S/C39H56N6O7S/c1-27(2)22-45(24-36(46)35(19-28-9-5-3-6-10-28)43-39(47)52-37-25-51-38-32(37)16-18-50-38)53(48,49)31-13-14-33(40)34(20-31)42-17-15-30-21-41-26-44(30)23-29-11-7-4-8-12-29/h3,5-6,9-10,13-14,20-21,26-27,29,32,35-38,42,46H,4,7-8,11-12,15-19,22-25,40H2,1-2H3,(H,43,47)/t32-,35-,36+,37-,38+/m0/s1. The van der Waals surface area contributed by atoms with Gasteiger partial charge in [0.1, 0.15) is 6.10 Å². The molecule has 14 heteroatoms. The number of nitrogens with two attached hydrogens (primary N) is 1. The number of benzene rings is 2. The summed E-state index contributed by atoms with van der Waals surface area (Å²) in [6.07, 6.45) is 9.09. The first-order valence-corrected chi connectivity index (χ1v) is 20.6. The minimum atomic E-state index is -4.10. The Morgan fingerprint density at radius 2 is 1.89 bits per heavy atom. The molecule has 2 aromatic carbocycles. The van der Waals surface area contributed by atoms with E-state index in [1.807, 2.05) is 56.7 Å². The lowest BCUT2D eigenvalue weighted by Gasteiger charge is -2.31. The zero-order chi connectivity index (χ0) is 37.4. The summed E-state index contributed by atoms with van der Waals surface area (Å²) in [7, 11) is -4.10. The van der Waals surface area contributed by atoms with Gasteiger partial charge in [-0.1, -0.05) is 63.4 Å². The second-order valence-corrected chi connectivity index (χ2v) is 17.1. The van der Waals surface area contributed by atoms with Gasteiger partial charge in [0, 0.05) is 44.5 Å². The van der Waals surface area contributed by atoms with E-state index in [1.165, 1.54) is 42.5 Å². The highest BCUT2D eigenvalue weighted by molar-refractivity contribution is 7.89. The van der Waals surface area contributed by atoms with Crippen molar-refractivity contribution < 1.29 is 32.5 Å². The van der Waals surface area contributed by atoms with Gasteiger partial charge < -0.3 is 40.3 Å². The van der Waals surface area contributed by atoms with E-state index in [9.17, 15) is 18.3 Å². The van der Waals surface area contributed by atoms with E-state index >= 15 is 0 Å². The van der Waals surface area contributed by atoms with Crippen molar-refractivity contribution in [3.05, 3.63) is 72.3 Å². The zero-order valence-electron chi connectivity index (χ0n) is 30.9. The average molecular weight is 753 g/mol. The number of nitrogen functional groups attached to an aromatic ring is 1. The smallest absolute Gasteiger partial charge is 0.407 e. The van der Waals surface area contributed by atoms with Crippen LogP contribution in [0.2, 0.25) is 0 Å². The Balaban J connectivity index is 1.13. The van der Waals surface area contributed by atoms with E-state index in [0.717, 1.165) is 24.2 Å². The molecule has 3 aliphatic rings. The molecule has 13 nitrogen and oxygen atoms in total. The van der Waals surface area contributed by atoms with Crippen LogP contribution in [0.3, 0.4) is 0 Å². The summed E-state index contributed by atoms with van der Waals surface area (Å²) in [5.41, 5.74) is 9.28. The van der Waals surface area contributed by atoms with Gasteiger partial charge in [-0.2, -0.15) is 4.31 Å². The molecular weight excluding hydrogens is 697 g/mol. The highest BCUT2D eigenvalue weighted by atomic mass is 32.2. The molecule has 1 aliphatic carbocycles. The Morgan fingerprint density at radius 3 is 2.66 bits per heavy atom. The van der Waals surface area contributed by atoms with Crippen molar-refractivity contribution in [2.24, 2.45) is 17.8 Å². The van der Waals surface area contributed by atoms with Gasteiger partial charge in [-0.15, -0.1) is 0 Å². The third kappa shape index (κ3) is 10.3. The number of carbonyl (C=O) groups excluding carboxylic acids is 1. The maximum absolute atomic E-state index is 14.3. The zero-order valence-corrected chi connectivity index (χ0v) is 31.8. The number of rotatable bonds is 17. The van der Waals surface area contributed by atoms with Crippen LogP contribution in [0, 0.1) is 17.8 Å². The molecule has 3 fully saturated rings. The molecule has 0 bridgehead atoms. The Bertz CT molecular complexity index is 1730. The van der Waals surface area contributed by atoms with Crippen molar-refractivity contribution in [3.63, 3.8) is 0 Å². The van der Waals surface area contributed by atoms with E-state index in [2.05, 4.69) is 20.2 Å². The van der Waals surface area contributed by atoms with Crippen molar-refractivity contribution in [1.82, 2.24) is 19.2 Å². The number of ether oxygens (including phenoxy) is 3. The van der Waals surface area contributed by atoms with Crippen molar-refractivity contribution in [3.8, 4) is 0 Å². The molecule has 1 aromatic heterocycles. The maximum atomic E-state index is 14.3. The topological polar surface area (TPSA) is 170 Å². The second-order valence-electron chi connectivity index (χ2n) is 15.2. The number of nitrogens with zero attached hydrogens (tertiary/aromatic N) is 3. The molecule has 1 saturated carbocycles. The minimum Gasteiger partial charge on any atom is -0.443 e. The highest BCUT2D eigenvalue weighted by Gasteiger charge is 2.44. The lowest BCUT2D eigenvalue weighted by atomic mass is 9.89. The number of sulfonamides is 1. The van der Waals surface area contributed by atoms with Gasteiger partial charge in [0.05, 0.1) is 53.9 Å². The summed E-state index contributed by atoms with van der Waals surface area (Å²) in [6, 6.07) is 13.2. The fourth-order valence-electron chi connectivity index (χ4n) is 7.73. The van der Waals surface area contributed by atoms with Gasteiger partial charge in [0.25, 0.3) is 0 Å². The predicted molar refractivity (Wildman–Crippen MR) is 203 cm³/mol. The van der Waals surface area contributed by atoms with E-state index in [-0.39, 0.29) is 49.1 Å². The fourth-order valence-corrected chi connectivity index (χ4v) is 9.38. The molecule has 2 aliphatic heterocycles. The summed E-state index contributed by atoms with van der Waals surface area (Å²) in [4.78, 5) is 17.7. The SMILES string of the molecule is CC(C)CN(C[C@@H](O)[C@H](Cc1ccccc1)NC(=O)O[C@H]1CO[C@H]2OCC[C@H]21)S(=O)(=O)c1ccc(N)c(NCCc2cncn2CC2CCCCC2)c1. The predicted octanol–water partition coefficient (Wildman–Crippen LogP) is 4.81. The quantitative estimate of drug-likeness (QED) is 0.141. The monoisotopic (exact) mass is 752 g/mol. The summed E-state index contributed by atoms with van der Waals surface area (Å²) in [6.45, 7) is 6.04. The lowest BCUT2D eigenvalue weighted by molar-refractivity contribution is -0.0907. The van der Waals surface area contributed by atoms with E-state index < -0.39 is 34.4 Å². The number of hydrogen-bond acceptors (Lipinski definition) is 10. The first kappa shape index (κ1) is 39.0. The molecule has 6 rings (SSSR count). The van der Waals surface area contributed by atoms with Gasteiger partial charge in [-0.3, -0.25) is 0 Å². The Hall–Kier alpha value is -3.69. The van der Waals surface area contributed by atoms with Crippen LogP contribution < -0.4 is 16.4 Å². The third-order valence-electron chi connectivity index (χ3n) is 10.6. The molecule has 2 saturated heterocycles. The van der Waals surface area contributed by atoms with Crippen LogP contribution in [0.4, 0.5) is 16.2 Å². The Kier molecular flexibility index (Phi) is 13.3. The number of imidazole rings is 1. The van der Waals surface area contributed by atoms with E-state index in [0.29, 0.717) is 36.9 Å². The number of carbonyl (C=O) groups is 1. The van der Waals surface area contributed by atoms with Crippen molar-refractivity contribution in [2.75, 3.05) is 43.9 Å². The molecule has 0 spiro atoms. The molecule has 290 valence electrons. The number of hydrogen-bond donors (Lipinski definition) is 4. The fraction of sp³-hybridized carbons (Fsp3) is 0.590. The number of anilines is 2. The summed E-state index contributed by atoms with van der Waals surface area (Å²) >= 11 is 0. The number of aliphatic hydroxyl groups is 1. The maximum Gasteiger partial charge on any atom is 0.407 e. The van der Waals surface area contributed by atoms with Crippen LogP contribution in [0.15, 0.2) is 66.0 Å². The van der Waals surface area contributed by atoms with Crippen molar-refractivity contribution >= 4 is 27.5 Å². The highest BCUT2D eigenvalue weighted by Crippen LogP contribution is 2.33. The van der Waals surface area contributed by atoms with Gasteiger partial charge in [-0.25, -0.2) is 18.2 Å². The molecular formula is C39H56N6O7S. The number of amides is 1. The lowest BCUT2D eigenvalue weighted by Crippen LogP contribution is -2.51. The molecule has 3 aromatic rings. The van der Waals surface area contributed by atoms with Crippen LogP contribution in [0.5, 0.6) is 0 Å². The molecule has 5 N–H and O–H groups in total. The normalized spacial score (nSPS) is 21.8. The first-order chi connectivity index (χ1) is 25.6. The summed E-state index contributed by atoms with van der Waals surface area (Å²) in [5.74, 6) is 0.588. The summed E-state index contributed by atoms with van der Waals surface area (Å²) < 4.78 is 49.1. The van der Waals surface area contributed by atoms with Gasteiger partial charge >= 0.3 is 6.09 Å². The Morgan fingerprint density at radius 1 is 1.09 bits per heavy atom. The van der Waals surface area contributed by atoms with E-state index in [1.54, 1.807) is 12.1 Å². The number of aliphatic hydroxyl groups excluding tert-OH is 1. The number of fused-ring (bicyclic) bond motifs is 1. The molecule has 3 heterocycles. The van der Waals surface area contributed by atoms with Crippen LogP contribution in [0.1, 0.15) is 63.6 Å². The molecule has 5 atom stereocenters. The third-order valence-corrected chi connectivity index (χ3v) is 12.4. The number of nitrogens with one attached hydrogen (secondary N) is 2. The van der Waals surface area contributed by atoms with Crippen molar-refractivity contribution in [1.29, 1.82) is 0 Å². The molecule has 0 radical (unpaired) electrons. The Labute approximate surface area is 313 Å². The largest absolute Gasteiger partial charge is 0.443 e. The molecule has 1 amide bonds. The van der Waals surface area contributed by atoms with Crippen LogP contribution in [-0.4, -0.2) is 90.9 Å². The summed E-state index contributed by atoms with van der Waals surface area (Å²) in [5, 5.41) is 17.9. The van der Waals surface area contributed by atoms with Gasteiger partial charge in [0.2, 0.25) is 10.0 Å². The van der Waals surface area contributed by atoms with Gasteiger partial charge in [0.15, 0.2) is 6.29 Å².